The lowest BCUT2D eigenvalue weighted by Crippen LogP contribution is -2.01. The standard InChI is InChI=1S/C8H13N3OS2/c1-2-3-4-12-5-6-7(13)9-8(14)11-10-6/h2-5H2,1H3,(H2,9,11,13,14). The highest BCUT2D eigenvalue weighted by Crippen LogP contribution is 1.98. The Balaban J connectivity index is 2.51. The summed E-state index contributed by atoms with van der Waals surface area (Å²) in [5.41, 5.74) is 0.699. The molecule has 0 aromatic carbocycles. The van der Waals surface area contributed by atoms with E-state index in [1.807, 2.05) is 0 Å². The average molecular weight is 231 g/mol. The number of aromatic amines is 2. The lowest BCUT2D eigenvalue weighted by Gasteiger charge is -2.01. The molecule has 6 heteroatoms. The van der Waals surface area contributed by atoms with Crippen LogP contribution in [0.5, 0.6) is 0 Å². The van der Waals surface area contributed by atoms with Gasteiger partial charge in [0.25, 0.3) is 0 Å². The predicted molar refractivity (Wildman–Crippen MR) is 59.2 cm³/mol. The number of hydrogen-bond donors (Lipinski definition) is 2. The van der Waals surface area contributed by atoms with Crippen molar-refractivity contribution in [2.45, 2.75) is 26.4 Å². The zero-order chi connectivity index (χ0) is 10.4. The van der Waals surface area contributed by atoms with Crippen molar-refractivity contribution in [3.8, 4) is 0 Å². The van der Waals surface area contributed by atoms with E-state index in [4.69, 9.17) is 29.2 Å². The number of rotatable bonds is 5. The highest BCUT2D eigenvalue weighted by atomic mass is 32.1. The number of ether oxygens (including phenoxy) is 1. The normalized spacial score (nSPS) is 10.4. The molecule has 78 valence electrons. The second kappa shape index (κ2) is 6.00. The Morgan fingerprint density at radius 3 is 2.86 bits per heavy atom. The SMILES string of the molecule is CCCCOCc1n[nH]c(=S)[nH]c1=S. The lowest BCUT2D eigenvalue weighted by atomic mass is 10.4. The van der Waals surface area contributed by atoms with Crippen molar-refractivity contribution in [3.05, 3.63) is 15.1 Å². The van der Waals surface area contributed by atoms with E-state index in [1.165, 1.54) is 0 Å². The molecule has 0 spiro atoms. The molecule has 1 rings (SSSR count). The topological polar surface area (TPSA) is 53.7 Å². The maximum absolute atomic E-state index is 5.38. The molecule has 0 aliphatic heterocycles. The molecule has 0 atom stereocenters. The number of H-pyrrole nitrogens is 2. The van der Waals surface area contributed by atoms with Gasteiger partial charge >= 0.3 is 0 Å². The first-order chi connectivity index (χ1) is 6.74. The molecule has 1 aromatic heterocycles. The molecule has 0 fully saturated rings. The number of nitrogens with one attached hydrogen (secondary N) is 2. The average Bonchev–Trinajstić information content (AvgIpc) is 2.15. The number of unbranched alkanes of at least 4 members (excludes halogenated alkanes) is 1. The fourth-order valence-corrected chi connectivity index (χ4v) is 1.30. The Bertz CT molecular complexity index is 385. The van der Waals surface area contributed by atoms with Crippen LogP contribution in [0.3, 0.4) is 0 Å². The van der Waals surface area contributed by atoms with Gasteiger partial charge in [-0.05, 0) is 18.6 Å². The van der Waals surface area contributed by atoms with Crippen LogP contribution in [0.1, 0.15) is 25.5 Å². The summed E-state index contributed by atoms with van der Waals surface area (Å²) < 4.78 is 6.36. The molecule has 1 heterocycles. The van der Waals surface area contributed by atoms with Crippen molar-refractivity contribution >= 4 is 24.4 Å². The molecule has 0 aliphatic carbocycles. The molecule has 14 heavy (non-hydrogen) atoms. The van der Waals surface area contributed by atoms with E-state index in [-0.39, 0.29) is 0 Å². The first kappa shape index (κ1) is 11.5. The highest BCUT2D eigenvalue weighted by Gasteiger charge is 1.97. The molecule has 0 radical (unpaired) electrons. The minimum absolute atomic E-state index is 0.432. The van der Waals surface area contributed by atoms with Crippen LogP contribution in [0.4, 0.5) is 0 Å². The Labute approximate surface area is 92.7 Å². The van der Waals surface area contributed by atoms with Crippen molar-refractivity contribution in [1.29, 1.82) is 0 Å². The largest absolute Gasteiger partial charge is 0.375 e. The fraction of sp³-hybridized carbons (Fsp3) is 0.625. The van der Waals surface area contributed by atoms with Crippen molar-refractivity contribution in [2.24, 2.45) is 0 Å². The van der Waals surface area contributed by atoms with Gasteiger partial charge < -0.3 is 9.72 Å². The number of nitrogens with zero attached hydrogens (tertiary/aromatic N) is 1. The van der Waals surface area contributed by atoms with Crippen LogP contribution in [-0.4, -0.2) is 21.8 Å². The molecular formula is C8H13N3OS2. The zero-order valence-electron chi connectivity index (χ0n) is 8.00. The third-order valence-corrected chi connectivity index (χ3v) is 2.19. The molecule has 2 N–H and O–H groups in total. The van der Waals surface area contributed by atoms with Crippen LogP contribution in [0.2, 0.25) is 0 Å². The Hall–Kier alpha value is -0.590. The molecule has 0 saturated carbocycles. The second-order valence-electron chi connectivity index (χ2n) is 2.86. The van der Waals surface area contributed by atoms with Gasteiger partial charge in [0.2, 0.25) is 0 Å². The minimum atomic E-state index is 0.432. The van der Waals surface area contributed by atoms with Crippen molar-refractivity contribution in [1.82, 2.24) is 15.2 Å². The van der Waals surface area contributed by atoms with E-state index in [2.05, 4.69) is 22.1 Å². The summed E-state index contributed by atoms with van der Waals surface area (Å²) in [4.78, 5) is 2.81. The van der Waals surface area contributed by atoms with Crippen LogP contribution in [0.15, 0.2) is 0 Å². The van der Waals surface area contributed by atoms with Crippen molar-refractivity contribution in [3.63, 3.8) is 0 Å². The van der Waals surface area contributed by atoms with E-state index < -0.39 is 0 Å². The summed E-state index contributed by atoms with van der Waals surface area (Å²) >= 11 is 9.86. The van der Waals surface area contributed by atoms with Crippen LogP contribution in [0.25, 0.3) is 0 Å². The summed E-state index contributed by atoms with van der Waals surface area (Å²) in [6.45, 7) is 3.29. The molecule has 1 aromatic rings. The van der Waals surface area contributed by atoms with Gasteiger partial charge in [0, 0.05) is 6.61 Å². The van der Waals surface area contributed by atoms with E-state index in [9.17, 15) is 0 Å². The number of aromatic nitrogens is 3. The zero-order valence-corrected chi connectivity index (χ0v) is 9.63. The molecule has 0 unspecified atom stereocenters. The van der Waals surface area contributed by atoms with Gasteiger partial charge in [0.1, 0.15) is 10.3 Å². The van der Waals surface area contributed by atoms with Crippen LogP contribution in [0, 0.1) is 9.41 Å². The Morgan fingerprint density at radius 2 is 2.21 bits per heavy atom. The van der Waals surface area contributed by atoms with Gasteiger partial charge in [-0.15, -0.1) is 0 Å². The van der Waals surface area contributed by atoms with Gasteiger partial charge in [-0.2, -0.15) is 5.10 Å². The van der Waals surface area contributed by atoms with Crippen molar-refractivity contribution in [2.75, 3.05) is 6.61 Å². The Kier molecular flexibility index (Phi) is 4.92. The van der Waals surface area contributed by atoms with Crippen LogP contribution >= 0.6 is 24.4 Å². The first-order valence-corrected chi connectivity index (χ1v) is 5.31. The predicted octanol–water partition coefficient (Wildman–Crippen LogP) is 2.51. The van der Waals surface area contributed by atoms with Crippen LogP contribution in [-0.2, 0) is 11.3 Å². The summed E-state index contributed by atoms with van der Waals surface area (Å²) in [6, 6.07) is 0. The third kappa shape index (κ3) is 3.65. The van der Waals surface area contributed by atoms with Crippen LogP contribution < -0.4 is 0 Å². The fourth-order valence-electron chi connectivity index (χ4n) is 0.885. The quantitative estimate of drug-likeness (QED) is 0.604. The molecule has 4 nitrogen and oxygen atoms in total. The molecular weight excluding hydrogens is 218 g/mol. The molecule has 0 amide bonds. The first-order valence-electron chi connectivity index (χ1n) is 4.49. The Morgan fingerprint density at radius 1 is 1.43 bits per heavy atom. The lowest BCUT2D eigenvalue weighted by molar-refractivity contribution is 0.114. The molecule has 0 aliphatic rings. The summed E-state index contributed by atoms with van der Waals surface area (Å²) in [6.07, 6.45) is 2.18. The second-order valence-corrected chi connectivity index (χ2v) is 3.68. The summed E-state index contributed by atoms with van der Waals surface area (Å²) in [5.74, 6) is 0. The van der Waals surface area contributed by atoms with Gasteiger partial charge in [0.05, 0.1) is 6.61 Å². The van der Waals surface area contributed by atoms with E-state index in [1.54, 1.807) is 0 Å². The monoisotopic (exact) mass is 231 g/mol. The van der Waals surface area contributed by atoms with E-state index in [0.29, 0.717) is 21.7 Å². The smallest absolute Gasteiger partial charge is 0.192 e. The van der Waals surface area contributed by atoms with Gasteiger partial charge in [-0.25, -0.2) is 0 Å². The highest BCUT2D eigenvalue weighted by molar-refractivity contribution is 7.72. The van der Waals surface area contributed by atoms with Gasteiger partial charge in [-0.1, -0.05) is 25.6 Å². The van der Waals surface area contributed by atoms with Gasteiger partial charge in [-0.3, -0.25) is 5.10 Å². The van der Waals surface area contributed by atoms with E-state index in [0.717, 1.165) is 19.4 Å². The maximum atomic E-state index is 5.38. The molecule has 0 bridgehead atoms. The minimum Gasteiger partial charge on any atom is -0.375 e. The maximum Gasteiger partial charge on any atom is 0.192 e. The summed E-state index contributed by atoms with van der Waals surface area (Å²) in [5, 5.41) is 6.63. The number of hydrogen-bond acceptors (Lipinski definition) is 4. The van der Waals surface area contributed by atoms with Crippen molar-refractivity contribution < 1.29 is 4.74 Å². The third-order valence-electron chi connectivity index (χ3n) is 1.66. The van der Waals surface area contributed by atoms with E-state index >= 15 is 0 Å². The summed E-state index contributed by atoms with van der Waals surface area (Å²) in [7, 11) is 0. The molecule has 0 saturated heterocycles. The van der Waals surface area contributed by atoms with Gasteiger partial charge in [0.15, 0.2) is 4.77 Å².